The van der Waals surface area contributed by atoms with Crippen molar-refractivity contribution in [3.63, 3.8) is 0 Å². The predicted molar refractivity (Wildman–Crippen MR) is 135 cm³/mol. The van der Waals surface area contributed by atoms with Gasteiger partial charge in [-0.25, -0.2) is 4.68 Å². The first-order chi connectivity index (χ1) is 16.8. The zero-order valence-corrected chi connectivity index (χ0v) is 21.1. The fourth-order valence-corrected chi connectivity index (χ4v) is 4.37. The van der Waals surface area contributed by atoms with Crippen LogP contribution in [0, 0.1) is 13.8 Å². The molecule has 1 saturated heterocycles. The van der Waals surface area contributed by atoms with Crippen LogP contribution in [0.4, 0.5) is 5.69 Å². The second-order valence-corrected chi connectivity index (χ2v) is 8.88. The Morgan fingerprint density at radius 3 is 2.17 bits per heavy atom. The van der Waals surface area contributed by atoms with Crippen LogP contribution in [0.1, 0.15) is 51.4 Å². The van der Waals surface area contributed by atoms with E-state index in [9.17, 15) is 9.59 Å². The van der Waals surface area contributed by atoms with Crippen molar-refractivity contribution in [3.8, 4) is 17.2 Å². The number of carbonyl (C=O) groups excluding carboxylic acids is 2. The SMILES string of the molecule is COc1cc(NC(=O)c2ccc(-n3nc(C)c(Cl)c3C)cc2)c(C(=O)N2CCCCC2)cc1OC. The topological polar surface area (TPSA) is 85.7 Å². The summed E-state index contributed by atoms with van der Waals surface area (Å²) < 4.78 is 12.6. The second-order valence-electron chi connectivity index (χ2n) is 8.50. The van der Waals surface area contributed by atoms with Gasteiger partial charge in [0.05, 0.1) is 47.6 Å². The Labute approximate surface area is 209 Å². The molecule has 0 spiro atoms. The maximum atomic E-state index is 13.3. The Balaban J connectivity index is 1.62. The highest BCUT2D eigenvalue weighted by Gasteiger charge is 2.24. The molecule has 3 aromatic rings. The maximum absolute atomic E-state index is 13.3. The molecular weight excluding hydrogens is 468 g/mol. The van der Waals surface area contributed by atoms with E-state index in [0.29, 0.717) is 46.4 Å². The third kappa shape index (κ3) is 4.98. The smallest absolute Gasteiger partial charge is 0.256 e. The fourth-order valence-electron chi connectivity index (χ4n) is 4.25. The molecular formula is C26H29ClN4O4. The van der Waals surface area contributed by atoms with E-state index in [4.69, 9.17) is 21.1 Å². The number of carbonyl (C=O) groups is 2. The van der Waals surface area contributed by atoms with Gasteiger partial charge in [0.1, 0.15) is 0 Å². The van der Waals surface area contributed by atoms with Crippen LogP contribution in [-0.2, 0) is 0 Å². The maximum Gasteiger partial charge on any atom is 0.256 e. The van der Waals surface area contributed by atoms with E-state index in [-0.39, 0.29) is 11.8 Å². The minimum absolute atomic E-state index is 0.141. The summed E-state index contributed by atoms with van der Waals surface area (Å²) in [6.45, 7) is 5.12. The molecule has 0 atom stereocenters. The van der Waals surface area contributed by atoms with Crippen LogP contribution >= 0.6 is 11.6 Å². The quantitative estimate of drug-likeness (QED) is 0.516. The van der Waals surface area contributed by atoms with Gasteiger partial charge in [0.2, 0.25) is 0 Å². The van der Waals surface area contributed by atoms with Crippen molar-refractivity contribution in [1.29, 1.82) is 0 Å². The summed E-state index contributed by atoms with van der Waals surface area (Å²) in [5, 5.41) is 7.96. The number of nitrogens with one attached hydrogen (secondary N) is 1. The molecule has 0 saturated carbocycles. The van der Waals surface area contributed by atoms with Crippen LogP contribution in [0.3, 0.4) is 0 Å². The fraction of sp³-hybridized carbons (Fsp3) is 0.346. The minimum atomic E-state index is -0.345. The Kier molecular flexibility index (Phi) is 7.31. The lowest BCUT2D eigenvalue weighted by Gasteiger charge is -2.28. The van der Waals surface area contributed by atoms with E-state index in [0.717, 1.165) is 36.3 Å². The van der Waals surface area contributed by atoms with Crippen LogP contribution in [0.5, 0.6) is 11.5 Å². The van der Waals surface area contributed by atoms with Gasteiger partial charge < -0.3 is 19.7 Å². The van der Waals surface area contributed by atoms with Crippen molar-refractivity contribution >= 4 is 29.1 Å². The Morgan fingerprint density at radius 2 is 1.60 bits per heavy atom. The van der Waals surface area contributed by atoms with Crippen molar-refractivity contribution < 1.29 is 19.1 Å². The summed E-state index contributed by atoms with van der Waals surface area (Å²) in [7, 11) is 3.03. The first-order valence-electron chi connectivity index (χ1n) is 11.5. The zero-order chi connectivity index (χ0) is 25.1. The van der Waals surface area contributed by atoms with Crippen LogP contribution in [0.15, 0.2) is 36.4 Å². The summed E-state index contributed by atoms with van der Waals surface area (Å²) in [5.74, 6) is 0.370. The number of amides is 2. The summed E-state index contributed by atoms with van der Waals surface area (Å²) in [5.41, 5.74) is 3.54. The van der Waals surface area contributed by atoms with E-state index in [2.05, 4.69) is 10.4 Å². The molecule has 0 radical (unpaired) electrons. The highest BCUT2D eigenvalue weighted by Crippen LogP contribution is 2.35. The number of piperidine rings is 1. The molecule has 4 rings (SSSR count). The molecule has 2 aromatic carbocycles. The van der Waals surface area contributed by atoms with Crippen LogP contribution < -0.4 is 14.8 Å². The van der Waals surface area contributed by atoms with Gasteiger partial charge in [-0.1, -0.05) is 11.6 Å². The molecule has 1 fully saturated rings. The first kappa shape index (κ1) is 24.6. The molecule has 184 valence electrons. The number of anilines is 1. The lowest BCUT2D eigenvalue weighted by atomic mass is 10.1. The van der Waals surface area contributed by atoms with E-state index < -0.39 is 0 Å². The van der Waals surface area contributed by atoms with Crippen LogP contribution in [0.2, 0.25) is 5.02 Å². The van der Waals surface area contributed by atoms with Crippen molar-refractivity contribution in [3.05, 3.63) is 63.9 Å². The van der Waals surface area contributed by atoms with Crippen LogP contribution in [0.25, 0.3) is 5.69 Å². The molecule has 0 bridgehead atoms. The van der Waals surface area contributed by atoms with E-state index in [1.165, 1.54) is 14.2 Å². The number of hydrogen-bond donors (Lipinski definition) is 1. The van der Waals surface area contributed by atoms with Gasteiger partial charge in [0.25, 0.3) is 11.8 Å². The third-order valence-corrected chi connectivity index (χ3v) is 6.77. The van der Waals surface area contributed by atoms with Crippen molar-refractivity contribution in [2.45, 2.75) is 33.1 Å². The highest BCUT2D eigenvalue weighted by molar-refractivity contribution is 6.31. The number of benzene rings is 2. The van der Waals surface area contributed by atoms with Gasteiger partial charge in [0.15, 0.2) is 11.5 Å². The average molecular weight is 497 g/mol. The number of likely N-dealkylation sites (tertiary alicyclic amines) is 1. The van der Waals surface area contributed by atoms with Crippen molar-refractivity contribution in [2.24, 2.45) is 0 Å². The monoisotopic (exact) mass is 496 g/mol. The number of ether oxygens (including phenoxy) is 2. The van der Waals surface area contributed by atoms with Gasteiger partial charge in [0, 0.05) is 24.7 Å². The zero-order valence-electron chi connectivity index (χ0n) is 20.4. The van der Waals surface area contributed by atoms with E-state index >= 15 is 0 Å². The number of nitrogens with zero attached hydrogens (tertiary/aromatic N) is 3. The lowest BCUT2D eigenvalue weighted by molar-refractivity contribution is 0.0725. The number of aryl methyl sites for hydroxylation is 1. The summed E-state index contributed by atoms with van der Waals surface area (Å²) >= 11 is 6.27. The third-order valence-electron chi connectivity index (χ3n) is 6.22. The minimum Gasteiger partial charge on any atom is -0.493 e. The normalized spacial score (nSPS) is 13.5. The number of aromatic nitrogens is 2. The Hall–Kier alpha value is -3.52. The average Bonchev–Trinajstić information content (AvgIpc) is 3.15. The molecule has 9 heteroatoms. The Morgan fingerprint density at radius 1 is 0.971 bits per heavy atom. The number of methoxy groups -OCH3 is 2. The summed E-state index contributed by atoms with van der Waals surface area (Å²) in [6.07, 6.45) is 3.04. The lowest BCUT2D eigenvalue weighted by Crippen LogP contribution is -2.36. The molecule has 1 aliphatic rings. The van der Waals surface area contributed by atoms with Gasteiger partial charge in [-0.3, -0.25) is 9.59 Å². The number of hydrogen-bond acceptors (Lipinski definition) is 5. The second kappa shape index (κ2) is 10.4. The van der Waals surface area contributed by atoms with Gasteiger partial charge in [-0.2, -0.15) is 5.10 Å². The van der Waals surface area contributed by atoms with Gasteiger partial charge >= 0.3 is 0 Å². The standard InChI is InChI=1S/C26H29ClN4O4/c1-16-24(27)17(2)31(29-16)19-10-8-18(9-11-19)25(32)28-21-15-23(35-4)22(34-3)14-20(21)26(33)30-12-6-5-7-13-30/h8-11,14-15H,5-7,12-13H2,1-4H3,(H,28,32). The molecule has 0 unspecified atom stereocenters. The molecule has 35 heavy (non-hydrogen) atoms. The molecule has 2 heterocycles. The van der Waals surface area contributed by atoms with Gasteiger partial charge in [-0.05, 0) is 63.4 Å². The van der Waals surface area contributed by atoms with E-state index in [1.54, 1.807) is 41.1 Å². The molecule has 2 amide bonds. The summed E-state index contributed by atoms with van der Waals surface area (Å²) in [6, 6.07) is 10.3. The number of halogens is 1. The molecule has 1 N–H and O–H groups in total. The molecule has 8 nitrogen and oxygen atoms in total. The highest BCUT2D eigenvalue weighted by atomic mass is 35.5. The van der Waals surface area contributed by atoms with E-state index in [1.807, 2.05) is 18.7 Å². The molecule has 0 aliphatic carbocycles. The Bertz CT molecular complexity index is 1250. The summed E-state index contributed by atoms with van der Waals surface area (Å²) in [4.78, 5) is 28.3. The number of rotatable bonds is 6. The first-order valence-corrected chi connectivity index (χ1v) is 11.9. The largest absolute Gasteiger partial charge is 0.493 e. The van der Waals surface area contributed by atoms with Gasteiger partial charge in [-0.15, -0.1) is 0 Å². The molecule has 1 aromatic heterocycles. The molecule has 1 aliphatic heterocycles. The van der Waals surface area contributed by atoms with Crippen molar-refractivity contribution in [2.75, 3.05) is 32.6 Å². The van der Waals surface area contributed by atoms with Crippen LogP contribution in [-0.4, -0.2) is 53.8 Å². The predicted octanol–water partition coefficient (Wildman–Crippen LogP) is 5.04. The van der Waals surface area contributed by atoms with Crippen molar-refractivity contribution in [1.82, 2.24) is 14.7 Å².